The molecule has 1 atom stereocenters. The van der Waals surface area contributed by atoms with Crippen molar-refractivity contribution in [3.8, 4) is 11.5 Å². The highest BCUT2D eigenvalue weighted by atomic mass is 19.4. The smallest absolute Gasteiger partial charge is 0.394 e. The SMILES string of the molecule is Cc1cc(Nc2ncc(-c3nc(C(F)(F)F)no3)c(N[C@H](CO)c3ccccc3)n2)ccc1C(N)=O. The van der Waals surface area contributed by atoms with Gasteiger partial charge in [0.15, 0.2) is 0 Å². The first kappa shape index (κ1) is 24.6. The van der Waals surface area contributed by atoms with Crippen LogP contribution in [0.4, 0.5) is 30.6 Å². The number of carbonyl (C=O) groups is 1. The number of anilines is 3. The number of amides is 1. The monoisotopic (exact) mass is 499 g/mol. The molecule has 36 heavy (non-hydrogen) atoms. The van der Waals surface area contributed by atoms with E-state index in [4.69, 9.17) is 10.3 Å². The van der Waals surface area contributed by atoms with Gasteiger partial charge in [-0.25, -0.2) is 4.98 Å². The van der Waals surface area contributed by atoms with Gasteiger partial charge in [0.2, 0.25) is 11.9 Å². The standard InChI is InChI=1S/C23H20F3N7O3/c1-12-9-14(7-8-15(12)18(27)35)29-22-28-10-16(20-32-21(33-36-20)23(24,25)26)19(31-22)30-17(11-34)13-5-3-2-4-6-13/h2-10,17,34H,11H2,1H3,(H2,27,35)(H2,28,29,30,31)/t17-/m1/s1. The number of hydrogen-bond donors (Lipinski definition) is 4. The molecular formula is C23H20F3N7O3. The fraction of sp³-hybridized carbons (Fsp3) is 0.174. The van der Waals surface area contributed by atoms with E-state index in [0.29, 0.717) is 22.4 Å². The maximum atomic E-state index is 13.0. The van der Waals surface area contributed by atoms with Crippen molar-refractivity contribution >= 4 is 23.4 Å². The Kier molecular flexibility index (Phi) is 6.83. The fourth-order valence-electron chi connectivity index (χ4n) is 3.39. The van der Waals surface area contributed by atoms with E-state index >= 15 is 0 Å². The molecule has 0 bridgehead atoms. The van der Waals surface area contributed by atoms with Gasteiger partial charge in [-0.15, -0.1) is 0 Å². The number of alkyl halides is 3. The van der Waals surface area contributed by atoms with Gasteiger partial charge < -0.3 is 26.0 Å². The van der Waals surface area contributed by atoms with E-state index in [1.165, 1.54) is 6.20 Å². The Hall–Kier alpha value is -4.52. The topological polar surface area (TPSA) is 152 Å². The van der Waals surface area contributed by atoms with Gasteiger partial charge in [0, 0.05) is 17.4 Å². The quantitative estimate of drug-likeness (QED) is 0.283. The average Bonchev–Trinajstić information content (AvgIpc) is 3.34. The summed E-state index contributed by atoms with van der Waals surface area (Å²) in [5.41, 5.74) is 7.56. The molecule has 0 aliphatic carbocycles. The number of rotatable bonds is 8. The van der Waals surface area contributed by atoms with Gasteiger partial charge in [-0.05, 0) is 36.2 Å². The van der Waals surface area contributed by atoms with Crippen molar-refractivity contribution in [1.29, 1.82) is 0 Å². The highest BCUT2D eigenvalue weighted by Crippen LogP contribution is 2.33. The highest BCUT2D eigenvalue weighted by molar-refractivity contribution is 5.94. The zero-order valence-corrected chi connectivity index (χ0v) is 18.7. The average molecular weight is 499 g/mol. The number of carbonyl (C=O) groups excluding carboxylic acids is 1. The van der Waals surface area contributed by atoms with E-state index in [0.717, 1.165) is 0 Å². The Morgan fingerprint density at radius 2 is 1.92 bits per heavy atom. The van der Waals surface area contributed by atoms with Crippen LogP contribution in [-0.2, 0) is 6.18 Å². The highest BCUT2D eigenvalue weighted by Gasteiger charge is 2.37. The number of benzene rings is 2. The molecule has 0 unspecified atom stereocenters. The summed E-state index contributed by atoms with van der Waals surface area (Å²) in [5.74, 6) is -2.36. The summed E-state index contributed by atoms with van der Waals surface area (Å²) in [6, 6.07) is 13.1. The number of aromatic nitrogens is 4. The van der Waals surface area contributed by atoms with E-state index in [2.05, 4.69) is 30.7 Å². The van der Waals surface area contributed by atoms with Crippen molar-refractivity contribution in [3.63, 3.8) is 0 Å². The number of nitrogens with one attached hydrogen (secondary N) is 2. The molecule has 13 heteroatoms. The molecule has 2 aromatic heterocycles. The lowest BCUT2D eigenvalue weighted by atomic mass is 10.1. The summed E-state index contributed by atoms with van der Waals surface area (Å²) in [7, 11) is 0. The van der Waals surface area contributed by atoms with Gasteiger partial charge in [0.05, 0.1) is 12.6 Å². The van der Waals surface area contributed by atoms with E-state index < -0.39 is 29.8 Å². The molecular weight excluding hydrogens is 479 g/mol. The number of aryl methyl sites for hydroxylation is 1. The molecule has 10 nitrogen and oxygen atoms in total. The Bertz CT molecular complexity index is 1380. The first-order valence-corrected chi connectivity index (χ1v) is 10.5. The van der Waals surface area contributed by atoms with Crippen LogP contribution in [-0.4, -0.2) is 37.7 Å². The van der Waals surface area contributed by atoms with Crippen molar-refractivity contribution in [2.45, 2.75) is 19.1 Å². The predicted molar refractivity (Wildman–Crippen MR) is 123 cm³/mol. The van der Waals surface area contributed by atoms with Gasteiger partial charge in [-0.2, -0.15) is 23.1 Å². The molecule has 0 radical (unpaired) electrons. The Labute approximate surface area is 202 Å². The molecule has 186 valence electrons. The zero-order chi connectivity index (χ0) is 25.9. The van der Waals surface area contributed by atoms with Crippen molar-refractivity contribution in [3.05, 3.63) is 77.2 Å². The lowest BCUT2D eigenvalue weighted by Gasteiger charge is -2.19. The summed E-state index contributed by atoms with van der Waals surface area (Å²) >= 11 is 0. The number of aliphatic hydroxyl groups excluding tert-OH is 1. The molecule has 0 saturated heterocycles. The van der Waals surface area contributed by atoms with Crippen molar-refractivity contribution in [2.75, 3.05) is 17.2 Å². The molecule has 0 fully saturated rings. The summed E-state index contributed by atoms with van der Waals surface area (Å²) in [6.45, 7) is 1.36. The van der Waals surface area contributed by atoms with Crippen LogP contribution in [0.25, 0.3) is 11.5 Å². The van der Waals surface area contributed by atoms with Crippen LogP contribution in [0, 0.1) is 6.92 Å². The molecule has 1 amide bonds. The summed E-state index contributed by atoms with van der Waals surface area (Å²) in [5, 5.41) is 18.9. The number of aliphatic hydroxyl groups is 1. The van der Waals surface area contributed by atoms with Gasteiger partial charge in [-0.1, -0.05) is 35.5 Å². The molecule has 0 aliphatic rings. The first-order chi connectivity index (χ1) is 17.2. The molecule has 2 heterocycles. The number of primary amides is 1. The van der Waals surface area contributed by atoms with Gasteiger partial charge in [-0.3, -0.25) is 4.79 Å². The lowest BCUT2D eigenvalue weighted by molar-refractivity contribution is -0.146. The van der Waals surface area contributed by atoms with E-state index in [1.807, 2.05) is 0 Å². The van der Waals surface area contributed by atoms with E-state index in [9.17, 15) is 23.1 Å². The van der Waals surface area contributed by atoms with Crippen LogP contribution in [0.1, 0.15) is 33.4 Å². The molecule has 4 rings (SSSR count). The zero-order valence-electron chi connectivity index (χ0n) is 18.7. The Morgan fingerprint density at radius 1 is 1.17 bits per heavy atom. The minimum absolute atomic E-state index is 0.00168. The van der Waals surface area contributed by atoms with Crippen LogP contribution in [0.2, 0.25) is 0 Å². The number of halogens is 3. The fourth-order valence-corrected chi connectivity index (χ4v) is 3.39. The maximum Gasteiger partial charge on any atom is 0.455 e. The van der Waals surface area contributed by atoms with E-state index in [1.54, 1.807) is 55.5 Å². The number of nitrogens with two attached hydrogens (primary N) is 1. The predicted octanol–water partition coefficient (Wildman–Crippen LogP) is 3.84. The largest absolute Gasteiger partial charge is 0.455 e. The molecule has 0 spiro atoms. The third-order valence-electron chi connectivity index (χ3n) is 5.14. The lowest BCUT2D eigenvalue weighted by Crippen LogP contribution is -2.17. The van der Waals surface area contributed by atoms with Crippen molar-refractivity contribution in [1.82, 2.24) is 20.1 Å². The molecule has 2 aromatic carbocycles. The van der Waals surface area contributed by atoms with E-state index in [-0.39, 0.29) is 23.9 Å². The molecule has 5 N–H and O–H groups in total. The summed E-state index contributed by atoms with van der Waals surface area (Å²) in [4.78, 5) is 23.4. The van der Waals surface area contributed by atoms with Gasteiger partial charge in [0.25, 0.3) is 11.7 Å². The second kappa shape index (κ2) is 10.00. The minimum Gasteiger partial charge on any atom is -0.394 e. The van der Waals surface area contributed by atoms with Crippen molar-refractivity contribution in [2.24, 2.45) is 5.73 Å². The second-order valence-corrected chi connectivity index (χ2v) is 7.69. The minimum atomic E-state index is -4.80. The van der Waals surface area contributed by atoms with Crippen LogP contribution in [0.3, 0.4) is 0 Å². The maximum absolute atomic E-state index is 13.0. The van der Waals surface area contributed by atoms with Crippen LogP contribution >= 0.6 is 0 Å². The third kappa shape index (κ3) is 5.41. The first-order valence-electron chi connectivity index (χ1n) is 10.5. The number of nitrogens with zero attached hydrogens (tertiary/aromatic N) is 4. The molecule has 0 saturated carbocycles. The van der Waals surface area contributed by atoms with Gasteiger partial charge in [0.1, 0.15) is 11.4 Å². The Morgan fingerprint density at radius 3 is 2.53 bits per heavy atom. The Balaban J connectivity index is 1.72. The van der Waals surface area contributed by atoms with Crippen LogP contribution in [0.15, 0.2) is 59.3 Å². The van der Waals surface area contributed by atoms with Crippen LogP contribution in [0.5, 0.6) is 0 Å². The van der Waals surface area contributed by atoms with Crippen molar-refractivity contribution < 1.29 is 27.6 Å². The number of hydrogen-bond acceptors (Lipinski definition) is 9. The third-order valence-corrected chi connectivity index (χ3v) is 5.14. The second-order valence-electron chi connectivity index (χ2n) is 7.69. The molecule has 4 aromatic rings. The van der Waals surface area contributed by atoms with Crippen LogP contribution < -0.4 is 16.4 Å². The van der Waals surface area contributed by atoms with Gasteiger partial charge >= 0.3 is 6.18 Å². The normalized spacial score (nSPS) is 12.2. The summed E-state index contributed by atoms with van der Waals surface area (Å²) in [6.07, 6.45) is -3.58. The summed E-state index contributed by atoms with van der Waals surface area (Å²) < 4.78 is 43.9. The molecule has 0 aliphatic heterocycles.